The van der Waals surface area contributed by atoms with E-state index < -0.39 is 12.1 Å². The van der Waals surface area contributed by atoms with Crippen LogP contribution in [0.2, 0.25) is 0 Å². The van der Waals surface area contributed by atoms with Crippen molar-refractivity contribution >= 4 is 11.6 Å². The summed E-state index contributed by atoms with van der Waals surface area (Å²) in [5.41, 5.74) is 0. The Kier molecular flexibility index (Phi) is 5.63. The zero-order valence-corrected chi connectivity index (χ0v) is 10.2. The second-order valence-electron chi connectivity index (χ2n) is 4.29. The minimum Gasteiger partial charge on any atom is -0.301 e. The molecule has 1 aliphatic carbocycles. The highest BCUT2D eigenvalue weighted by atomic mass is 16.2. The van der Waals surface area contributed by atoms with Gasteiger partial charge in [0.05, 0.1) is 0 Å². The fourth-order valence-electron chi connectivity index (χ4n) is 1.77. The van der Waals surface area contributed by atoms with Gasteiger partial charge >= 0.3 is 0 Å². The molecule has 0 aliphatic heterocycles. The molecule has 0 amide bonds. The molecule has 0 aromatic carbocycles. The third kappa shape index (κ3) is 3.12. The van der Waals surface area contributed by atoms with Gasteiger partial charge in [-0.05, 0) is 25.9 Å². The van der Waals surface area contributed by atoms with Crippen LogP contribution in [-0.2, 0) is 9.59 Å². The van der Waals surface area contributed by atoms with Gasteiger partial charge in [0.1, 0.15) is 12.1 Å². The Morgan fingerprint density at radius 3 is 1.56 bits per heavy atom. The SMILES string of the molecule is CCCCNC1C(=O)C(NCCCC)C1=O. The number of carbonyl (C=O) groups excluding carboxylic acids is 2. The Balaban J connectivity index is 2.23. The number of ketones is 2. The summed E-state index contributed by atoms with van der Waals surface area (Å²) in [6, 6.07) is -1.07. The third-order valence-corrected chi connectivity index (χ3v) is 2.90. The van der Waals surface area contributed by atoms with Crippen LogP contribution in [-0.4, -0.2) is 36.7 Å². The van der Waals surface area contributed by atoms with Gasteiger partial charge in [-0.2, -0.15) is 0 Å². The molecule has 4 nitrogen and oxygen atoms in total. The summed E-state index contributed by atoms with van der Waals surface area (Å²) >= 11 is 0. The maximum Gasteiger partial charge on any atom is 0.181 e. The van der Waals surface area contributed by atoms with Crippen molar-refractivity contribution in [2.45, 2.75) is 51.6 Å². The van der Waals surface area contributed by atoms with E-state index in [0.29, 0.717) is 0 Å². The zero-order chi connectivity index (χ0) is 12.0. The van der Waals surface area contributed by atoms with E-state index in [-0.39, 0.29) is 11.6 Å². The van der Waals surface area contributed by atoms with Crippen LogP contribution in [0.1, 0.15) is 39.5 Å². The Hall–Kier alpha value is -0.740. The molecule has 0 spiro atoms. The predicted octanol–water partition coefficient (Wildman–Crippen LogP) is 0.655. The van der Waals surface area contributed by atoms with Crippen molar-refractivity contribution < 1.29 is 9.59 Å². The summed E-state index contributed by atoms with van der Waals surface area (Å²) < 4.78 is 0. The lowest BCUT2D eigenvalue weighted by Crippen LogP contribution is -2.68. The number of Topliss-reactive ketones (excluding diaryl/α,β-unsaturated/α-hetero) is 2. The van der Waals surface area contributed by atoms with Gasteiger partial charge in [-0.15, -0.1) is 0 Å². The maximum absolute atomic E-state index is 11.6. The zero-order valence-electron chi connectivity index (χ0n) is 10.2. The Labute approximate surface area is 97.2 Å². The summed E-state index contributed by atoms with van der Waals surface area (Å²) in [4.78, 5) is 23.2. The summed E-state index contributed by atoms with van der Waals surface area (Å²) in [5.74, 6) is 0.0226. The average molecular weight is 226 g/mol. The normalized spacial score (nSPS) is 24.6. The number of rotatable bonds is 8. The first-order valence-corrected chi connectivity index (χ1v) is 6.26. The molecule has 0 radical (unpaired) electrons. The van der Waals surface area contributed by atoms with E-state index in [9.17, 15) is 9.59 Å². The van der Waals surface area contributed by atoms with Gasteiger partial charge in [0.2, 0.25) is 0 Å². The molecule has 4 heteroatoms. The fourth-order valence-corrected chi connectivity index (χ4v) is 1.77. The van der Waals surface area contributed by atoms with E-state index in [1.54, 1.807) is 0 Å². The van der Waals surface area contributed by atoms with Crippen molar-refractivity contribution in [1.82, 2.24) is 10.6 Å². The van der Waals surface area contributed by atoms with Crippen LogP contribution in [0.3, 0.4) is 0 Å². The lowest BCUT2D eigenvalue weighted by Gasteiger charge is -2.33. The van der Waals surface area contributed by atoms with E-state index >= 15 is 0 Å². The van der Waals surface area contributed by atoms with E-state index in [1.165, 1.54) is 0 Å². The summed E-state index contributed by atoms with van der Waals surface area (Å²) in [6.07, 6.45) is 4.15. The lowest BCUT2D eigenvalue weighted by atomic mass is 9.83. The van der Waals surface area contributed by atoms with E-state index in [2.05, 4.69) is 24.5 Å². The topological polar surface area (TPSA) is 58.2 Å². The van der Waals surface area contributed by atoms with E-state index in [4.69, 9.17) is 0 Å². The molecule has 0 aromatic rings. The van der Waals surface area contributed by atoms with Gasteiger partial charge in [0.15, 0.2) is 11.6 Å². The number of nitrogens with one attached hydrogen (secondary N) is 2. The molecular formula is C12H22N2O2. The van der Waals surface area contributed by atoms with Crippen LogP contribution in [0.25, 0.3) is 0 Å². The molecule has 0 unspecified atom stereocenters. The highest BCUT2D eigenvalue weighted by Crippen LogP contribution is 2.11. The third-order valence-electron chi connectivity index (χ3n) is 2.90. The Morgan fingerprint density at radius 2 is 1.25 bits per heavy atom. The molecule has 16 heavy (non-hydrogen) atoms. The molecule has 0 saturated heterocycles. The number of unbranched alkanes of at least 4 members (excludes halogenated alkanes) is 2. The first kappa shape index (κ1) is 13.3. The van der Waals surface area contributed by atoms with Crippen molar-refractivity contribution in [2.75, 3.05) is 13.1 Å². The van der Waals surface area contributed by atoms with E-state index in [0.717, 1.165) is 38.8 Å². The van der Waals surface area contributed by atoms with E-state index in [1.807, 2.05) is 0 Å². The Bertz CT molecular complexity index is 215. The van der Waals surface area contributed by atoms with Crippen LogP contribution in [0.15, 0.2) is 0 Å². The van der Waals surface area contributed by atoms with Crippen molar-refractivity contribution in [3.05, 3.63) is 0 Å². The highest BCUT2D eigenvalue weighted by Gasteiger charge is 2.47. The molecule has 0 aromatic heterocycles. The molecular weight excluding hydrogens is 204 g/mol. The fraction of sp³-hybridized carbons (Fsp3) is 0.833. The summed E-state index contributed by atoms with van der Waals surface area (Å²) in [6.45, 7) is 5.67. The van der Waals surface area contributed by atoms with Crippen LogP contribution in [0, 0.1) is 0 Å². The summed E-state index contributed by atoms with van der Waals surface area (Å²) in [5, 5.41) is 6.00. The molecule has 1 fully saturated rings. The molecule has 1 aliphatic rings. The molecule has 0 bridgehead atoms. The lowest BCUT2D eigenvalue weighted by molar-refractivity contribution is -0.144. The number of hydrogen-bond donors (Lipinski definition) is 2. The van der Waals surface area contributed by atoms with Crippen LogP contribution < -0.4 is 10.6 Å². The van der Waals surface area contributed by atoms with Gasteiger partial charge in [-0.25, -0.2) is 0 Å². The van der Waals surface area contributed by atoms with Crippen molar-refractivity contribution in [1.29, 1.82) is 0 Å². The van der Waals surface area contributed by atoms with Crippen molar-refractivity contribution in [3.63, 3.8) is 0 Å². The largest absolute Gasteiger partial charge is 0.301 e. The van der Waals surface area contributed by atoms with Gasteiger partial charge in [-0.3, -0.25) is 9.59 Å². The maximum atomic E-state index is 11.6. The number of carbonyl (C=O) groups is 2. The average Bonchev–Trinajstić information content (AvgIpc) is 2.30. The smallest absolute Gasteiger partial charge is 0.181 e. The molecule has 0 atom stereocenters. The van der Waals surface area contributed by atoms with Crippen molar-refractivity contribution in [2.24, 2.45) is 0 Å². The molecule has 1 rings (SSSR count). The second-order valence-corrected chi connectivity index (χ2v) is 4.29. The monoisotopic (exact) mass is 226 g/mol. The van der Waals surface area contributed by atoms with Crippen LogP contribution >= 0.6 is 0 Å². The number of hydrogen-bond acceptors (Lipinski definition) is 4. The minimum atomic E-state index is -0.536. The van der Waals surface area contributed by atoms with Gasteiger partial charge in [0.25, 0.3) is 0 Å². The molecule has 1 saturated carbocycles. The van der Waals surface area contributed by atoms with Gasteiger partial charge in [0, 0.05) is 0 Å². The second kappa shape index (κ2) is 6.76. The van der Waals surface area contributed by atoms with Gasteiger partial charge < -0.3 is 10.6 Å². The standard InChI is InChI=1S/C12H22N2O2/c1-3-5-7-13-9-11(15)10(12(9)16)14-8-6-4-2/h9-10,13-14H,3-8H2,1-2H3. The molecule has 92 valence electrons. The molecule has 2 N–H and O–H groups in total. The van der Waals surface area contributed by atoms with Crippen LogP contribution in [0.5, 0.6) is 0 Å². The Morgan fingerprint density at radius 1 is 0.875 bits per heavy atom. The van der Waals surface area contributed by atoms with Gasteiger partial charge in [-0.1, -0.05) is 26.7 Å². The molecule has 0 heterocycles. The van der Waals surface area contributed by atoms with Crippen LogP contribution in [0.4, 0.5) is 0 Å². The highest BCUT2D eigenvalue weighted by molar-refractivity contribution is 6.30. The predicted molar refractivity (Wildman–Crippen MR) is 63.4 cm³/mol. The quantitative estimate of drug-likeness (QED) is 0.471. The first-order chi connectivity index (χ1) is 7.72. The summed E-state index contributed by atoms with van der Waals surface area (Å²) in [7, 11) is 0. The minimum absolute atomic E-state index is 0.0113. The van der Waals surface area contributed by atoms with Crippen molar-refractivity contribution in [3.8, 4) is 0 Å². The first-order valence-electron chi connectivity index (χ1n) is 6.26.